The van der Waals surface area contributed by atoms with Crippen LogP contribution in [0.1, 0.15) is 54.4 Å². The zero-order valence-corrected chi connectivity index (χ0v) is 11.2. The molecule has 0 aliphatic carbocycles. The largest absolute Gasteiger partial charge is 0.373 e. The van der Waals surface area contributed by atoms with Crippen LogP contribution in [0.5, 0.6) is 0 Å². The number of ether oxygens (including phenoxy) is 1. The van der Waals surface area contributed by atoms with Gasteiger partial charge in [0.25, 0.3) is 0 Å². The minimum absolute atomic E-state index is 0.0218. The molecule has 0 N–H and O–H groups in total. The van der Waals surface area contributed by atoms with Gasteiger partial charge in [-0.2, -0.15) is 4.89 Å². The van der Waals surface area contributed by atoms with Gasteiger partial charge in [0.05, 0.1) is 12.2 Å². The molecule has 0 amide bonds. The molecule has 0 aromatic rings. The second-order valence-electron chi connectivity index (χ2n) is 4.38. The molecule has 0 rings (SSSR count). The highest BCUT2D eigenvalue weighted by atomic mass is 17.2. The Balaban J connectivity index is 4.55. The molecule has 0 saturated carbocycles. The van der Waals surface area contributed by atoms with Crippen LogP contribution < -0.4 is 0 Å². The Labute approximate surface area is 98.2 Å². The first kappa shape index (κ1) is 15.4. The first-order valence-electron chi connectivity index (χ1n) is 5.93. The van der Waals surface area contributed by atoms with Crippen LogP contribution >= 0.6 is 0 Å². The molecule has 0 radical (unpaired) electrons. The van der Waals surface area contributed by atoms with Crippen molar-refractivity contribution in [2.75, 3.05) is 0 Å². The molecular formula is C12H24O4. The number of hydrogen-bond donors (Lipinski definition) is 0. The van der Waals surface area contributed by atoms with Crippen LogP contribution in [0.3, 0.4) is 0 Å². The Morgan fingerprint density at radius 3 is 1.88 bits per heavy atom. The van der Waals surface area contributed by atoms with Gasteiger partial charge in [-0.1, -0.05) is 13.8 Å². The maximum atomic E-state index is 11.9. The maximum Gasteiger partial charge on any atom is 0.373 e. The molecular weight excluding hydrogens is 208 g/mol. The van der Waals surface area contributed by atoms with Crippen molar-refractivity contribution in [3.05, 3.63) is 0 Å². The van der Waals surface area contributed by atoms with Crippen molar-refractivity contribution in [2.24, 2.45) is 0 Å². The van der Waals surface area contributed by atoms with Gasteiger partial charge in [-0.15, -0.1) is 0 Å². The van der Waals surface area contributed by atoms with Gasteiger partial charge in [0, 0.05) is 0 Å². The first-order valence-corrected chi connectivity index (χ1v) is 5.93. The third kappa shape index (κ3) is 4.49. The molecule has 0 spiro atoms. The smallest absolute Gasteiger partial charge is 0.361 e. The predicted octanol–water partition coefficient (Wildman–Crippen LogP) is 2.85. The Morgan fingerprint density at radius 1 is 1.06 bits per heavy atom. The van der Waals surface area contributed by atoms with E-state index >= 15 is 0 Å². The predicted molar refractivity (Wildman–Crippen MR) is 61.8 cm³/mol. The van der Waals surface area contributed by atoms with Gasteiger partial charge in [-0.25, -0.2) is 4.79 Å². The summed E-state index contributed by atoms with van der Waals surface area (Å²) in [6.07, 6.45) is 0.977. The zero-order chi connectivity index (χ0) is 12.8. The summed E-state index contributed by atoms with van der Waals surface area (Å²) in [5.41, 5.74) is -0.886. The van der Waals surface area contributed by atoms with Crippen molar-refractivity contribution in [1.29, 1.82) is 0 Å². The van der Waals surface area contributed by atoms with Crippen molar-refractivity contribution in [3.8, 4) is 0 Å². The molecule has 0 unspecified atom stereocenters. The molecule has 4 nitrogen and oxygen atoms in total. The average molecular weight is 232 g/mol. The van der Waals surface area contributed by atoms with Gasteiger partial charge < -0.3 is 4.74 Å². The van der Waals surface area contributed by atoms with Crippen molar-refractivity contribution in [3.63, 3.8) is 0 Å². The van der Waals surface area contributed by atoms with Crippen LogP contribution in [0.2, 0.25) is 0 Å². The monoisotopic (exact) mass is 232 g/mol. The van der Waals surface area contributed by atoms with Crippen molar-refractivity contribution in [1.82, 2.24) is 0 Å². The lowest BCUT2D eigenvalue weighted by molar-refractivity contribution is -0.306. The molecule has 0 heterocycles. The van der Waals surface area contributed by atoms with Gasteiger partial charge in [0.1, 0.15) is 0 Å². The van der Waals surface area contributed by atoms with E-state index in [1.807, 2.05) is 27.7 Å². The maximum absolute atomic E-state index is 11.9. The van der Waals surface area contributed by atoms with Crippen molar-refractivity contribution < 1.29 is 19.3 Å². The normalized spacial score (nSPS) is 12.2. The molecule has 0 atom stereocenters. The van der Waals surface area contributed by atoms with Crippen LogP contribution in [0, 0.1) is 0 Å². The third-order valence-corrected chi connectivity index (χ3v) is 2.29. The summed E-state index contributed by atoms with van der Waals surface area (Å²) < 4.78 is 5.68. The summed E-state index contributed by atoms with van der Waals surface area (Å²) in [6.45, 7) is 11.2. The number of carbonyl (C=O) groups excluding carboxylic acids is 1. The van der Waals surface area contributed by atoms with E-state index in [4.69, 9.17) is 14.5 Å². The second-order valence-corrected chi connectivity index (χ2v) is 4.38. The second kappa shape index (κ2) is 6.86. The summed E-state index contributed by atoms with van der Waals surface area (Å²) >= 11 is 0. The van der Waals surface area contributed by atoms with Crippen LogP contribution in [-0.2, 0) is 19.3 Å². The molecule has 0 aromatic carbocycles. The van der Waals surface area contributed by atoms with E-state index in [1.54, 1.807) is 13.8 Å². The molecule has 0 aromatic heterocycles. The minimum atomic E-state index is -0.886. The van der Waals surface area contributed by atoms with Gasteiger partial charge in [-0.3, -0.25) is 4.89 Å². The fraction of sp³-hybridized carbons (Fsp3) is 0.917. The quantitative estimate of drug-likeness (QED) is 0.500. The van der Waals surface area contributed by atoms with Gasteiger partial charge in [0.15, 0.2) is 5.60 Å². The van der Waals surface area contributed by atoms with E-state index in [1.165, 1.54) is 0 Å². The summed E-state index contributed by atoms with van der Waals surface area (Å²) in [7, 11) is 0. The SMILES string of the molecule is CCC(CC)(OC(C)C)C(=O)OOC(C)C. The topological polar surface area (TPSA) is 44.8 Å². The van der Waals surface area contributed by atoms with Gasteiger partial charge in [-0.05, 0) is 40.5 Å². The third-order valence-electron chi connectivity index (χ3n) is 2.29. The lowest BCUT2D eigenvalue weighted by Gasteiger charge is -2.30. The van der Waals surface area contributed by atoms with Crippen molar-refractivity contribution >= 4 is 5.97 Å². The Hall–Kier alpha value is -0.610. The standard InChI is InChI=1S/C12H24O4/c1-7-12(8-2,14-9(3)4)11(13)16-15-10(5)6/h9-10H,7-8H2,1-6H3. The summed E-state index contributed by atoms with van der Waals surface area (Å²) in [4.78, 5) is 21.5. The highest BCUT2D eigenvalue weighted by Crippen LogP contribution is 2.24. The van der Waals surface area contributed by atoms with Crippen molar-refractivity contribution in [2.45, 2.75) is 72.2 Å². The Kier molecular flexibility index (Phi) is 6.60. The summed E-state index contributed by atoms with van der Waals surface area (Å²) in [5.74, 6) is -0.445. The first-order chi connectivity index (χ1) is 7.38. The fourth-order valence-corrected chi connectivity index (χ4v) is 1.42. The van der Waals surface area contributed by atoms with E-state index in [2.05, 4.69) is 0 Å². The minimum Gasteiger partial charge on any atom is -0.361 e. The Morgan fingerprint density at radius 2 is 1.56 bits per heavy atom. The molecule has 96 valence electrons. The van der Waals surface area contributed by atoms with E-state index in [0.717, 1.165) is 0 Å². The number of hydrogen-bond acceptors (Lipinski definition) is 4. The van der Waals surface area contributed by atoms with Gasteiger partial charge in [0.2, 0.25) is 0 Å². The Bertz CT molecular complexity index is 207. The van der Waals surface area contributed by atoms with E-state index in [-0.39, 0.29) is 12.2 Å². The van der Waals surface area contributed by atoms with E-state index < -0.39 is 11.6 Å². The number of carbonyl (C=O) groups is 1. The molecule has 0 saturated heterocycles. The van der Waals surface area contributed by atoms with Crippen LogP contribution in [0.4, 0.5) is 0 Å². The molecule has 0 aliphatic rings. The number of rotatable bonds is 7. The fourth-order valence-electron chi connectivity index (χ4n) is 1.42. The lowest BCUT2D eigenvalue weighted by Crippen LogP contribution is -2.44. The highest BCUT2D eigenvalue weighted by molar-refractivity contribution is 5.79. The highest BCUT2D eigenvalue weighted by Gasteiger charge is 2.39. The molecule has 0 bridgehead atoms. The average Bonchev–Trinajstić information content (AvgIpc) is 2.22. The van der Waals surface area contributed by atoms with Crippen LogP contribution in [-0.4, -0.2) is 23.8 Å². The van der Waals surface area contributed by atoms with Gasteiger partial charge >= 0.3 is 5.97 Å². The molecule has 0 aliphatic heterocycles. The van der Waals surface area contributed by atoms with E-state index in [9.17, 15) is 4.79 Å². The zero-order valence-electron chi connectivity index (χ0n) is 11.2. The summed E-state index contributed by atoms with van der Waals surface area (Å²) in [5, 5.41) is 0. The lowest BCUT2D eigenvalue weighted by atomic mass is 9.97. The van der Waals surface area contributed by atoms with E-state index in [0.29, 0.717) is 12.8 Å². The van der Waals surface area contributed by atoms with Crippen LogP contribution in [0.25, 0.3) is 0 Å². The molecule has 16 heavy (non-hydrogen) atoms. The van der Waals surface area contributed by atoms with Crippen LogP contribution in [0.15, 0.2) is 0 Å². The molecule has 4 heteroatoms. The summed E-state index contributed by atoms with van der Waals surface area (Å²) in [6, 6.07) is 0. The molecule has 0 fully saturated rings.